The first-order chi connectivity index (χ1) is 17.4. The van der Waals surface area contributed by atoms with E-state index in [0.29, 0.717) is 17.1 Å². The molecule has 0 radical (unpaired) electrons. The zero-order valence-electron chi connectivity index (χ0n) is 19.2. The number of fused-ring (bicyclic) bond motifs is 2. The Kier molecular flexibility index (Phi) is 5.17. The monoisotopic (exact) mass is 489 g/mol. The summed E-state index contributed by atoms with van der Waals surface area (Å²) in [6.07, 6.45) is -0.495. The highest BCUT2D eigenvalue weighted by Crippen LogP contribution is 2.34. The average molecular weight is 489 g/mol. The third-order valence-corrected chi connectivity index (χ3v) is 6.28. The number of benzene rings is 1. The number of aliphatic hydroxyl groups is 2. The number of H-pyrrole nitrogens is 1. The van der Waals surface area contributed by atoms with Crippen molar-refractivity contribution in [3.8, 4) is 11.1 Å². The Hall–Kier alpha value is -4.33. The maximum atomic E-state index is 12.6. The van der Waals surface area contributed by atoms with Gasteiger partial charge in [-0.15, -0.1) is 0 Å². The lowest BCUT2D eigenvalue weighted by Gasteiger charge is -2.17. The van der Waals surface area contributed by atoms with E-state index in [-0.39, 0.29) is 36.1 Å². The number of rotatable bonds is 5. The molecular formula is C23H23N9O4. The third kappa shape index (κ3) is 3.57. The van der Waals surface area contributed by atoms with Gasteiger partial charge in [0, 0.05) is 25.2 Å². The van der Waals surface area contributed by atoms with E-state index < -0.39 is 24.0 Å². The molecule has 5 aromatic rings. The minimum atomic E-state index is -0.902. The van der Waals surface area contributed by atoms with Crippen molar-refractivity contribution in [2.24, 2.45) is 7.05 Å². The van der Waals surface area contributed by atoms with Crippen molar-refractivity contribution < 1.29 is 14.9 Å². The average Bonchev–Trinajstić information content (AvgIpc) is 3.52. The molecule has 6 rings (SSSR count). The van der Waals surface area contributed by atoms with Gasteiger partial charge in [-0.1, -0.05) is 30.3 Å². The van der Waals surface area contributed by atoms with Crippen molar-refractivity contribution in [2.75, 3.05) is 17.7 Å². The van der Waals surface area contributed by atoms with E-state index in [4.69, 9.17) is 15.5 Å². The summed E-state index contributed by atoms with van der Waals surface area (Å²) in [5.74, 6) is 0.546. The number of ether oxygens (including phenoxy) is 1. The largest absolute Gasteiger partial charge is 0.394 e. The third-order valence-electron chi connectivity index (χ3n) is 6.28. The van der Waals surface area contributed by atoms with E-state index in [1.54, 1.807) is 22.4 Å². The van der Waals surface area contributed by atoms with Crippen molar-refractivity contribution in [1.82, 2.24) is 34.1 Å². The van der Waals surface area contributed by atoms with Gasteiger partial charge in [0.15, 0.2) is 16.8 Å². The first kappa shape index (κ1) is 22.2. The number of anilines is 3. The summed E-state index contributed by atoms with van der Waals surface area (Å²) in [7, 11) is 1.81. The zero-order chi connectivity index (χ0) is 25.0. The van der Waals surface area contributed by atoms with Gasteiger partial charge >= 0.3 is 0 Å². The van der Waals surface area contributed by atoms with Crippen LogP contribution in [0.2, 0.25) is 0 Å². The molecule has 1 aliphatic heterocycles. The quantitative estimate of drug-likeness (QED) is 0.239. The van der Waals surface area contributed by atoms with E-state index in [2.05, 4.69) is 25.3 Å². The number of aryl methyl sites for hydroxylation is 1. The number of aliphatic hydroxyl groups excluding tert-OH is 2. The van der Waals surface area contributed by atoms with E-state index in [0.717, 1.165) is 11.1 Å². The second-order valence-electron chi connectivity index (χ2n) is 8.60. The summed E-state index contributed by atoms with van der Waals surface area (Å²) >= 11 is 0. The number of aromatic amines is 1. The number of imidazole rings is 2. The zero-order valence-corrected chi connectivity index (χ0v) is 19.2. The molecule has 3 atom stereocenters. The molecule has 1 saturated heterocycles. The number of nitrogens with zero attached hydrogens (tertiary/aromatic N) is 6. The van der Waals surface area contributed by atoms with Crippen LogP contribution in [-0.2, 0) is 11.8 Å². The first-order valence-corrected chi connectivity index (χ1v) is 11.3. The van der Waals surface area contributed by atoms with Crippen LogP contribution >= 0.6 is 0 Å². The number of hydrogen-bond donors (Lipinski definition) is 5. The molecule has 0 bridgehead atoms. The molecule has 1 aliphatic rings. The van der Waals surface area contributed by atoms with Gasteiger partial charge < -0.3 is 20.7 Å². The van der Waals surface area contributed by atoms with Gasteiger partial charge in [0.25, 0.3) is 5.56 Å². The van der Waals surface area contributed by atoms with Gasteiger partial charge in [0.2, 0.25) is 17.8 Å². The first-order valence-electron chi connectivity index (χ1n) is 11.3. The van der Waals surface area contributed by atoms with Crippen LogP contribution in [0.5, 0.6) is 0 Å². The Bertz CT molecular complexity index is 1640. The van der Waals surface area contributed by atoms with Gasteiger partial charge in [-0.3, -0.25) is 24.2 Å². The highest BCUT2D eigenvalue weighted by Gasteiger charge is 2.37. The predicted molar refractivity (Wildman–Crippen MR) is 131 cm³/mol. The molecule has 6 N–H and O–H groups in total. The van der Waals surface area contributed by atoms with Crippen molar-refractivity contribution in [1.29, 1.82) is 0 Å². The normalized spacial score (nSPS) is 19.9. The molecule has 0 unspecified atom stereocenters. The summed E-state index contributed by atoms with van der Waals surface area (Å²) in [6.45, 7) is -0.358. The van der Waals surface area contributed by atoms with Crippen LogP contribution in [0, 0.1) is 0 Å². The predicted octanol–water partition coefficient (Wildman–Crippen LogP) is 1.03. The van der Waals surface area contributed by atoms with Crippen LogP contribution in [0.3, 0.4) is 0 Å². The summed E-state index contributed by atoms with van der Waals surface area (Å²) in [6, 6.07) is 11.8. The van der Waals surface area contributed by atoms with Crippen LogP contribution < -0.4 is 16.6 Å². The maximum Gasteiger partial charge on any atom is 0.280 e. The van der Waals surface area contributed by atoms with E-state index in [1.807, 2.05) is 36.4 Å². The molecular weight excluding hydrogens is 466 g/mol. The molecule has 1 aromatic carbocycles. The number of nitrogen functional groups attached to an aromatic ring is 1. The molecule has 184 valence electrons. The van der Waals surface area contributed by atoms with Crippen molar-refractivity contribution in [3.05, 3.63) is 52.9 Å². The Labute approximate surface area is 203 Å². The summed E-state index contributed by atoms with van der Waals surface area (Å²) in [4.78, 5) is 33.0. The Morgan fingerprint density at radius 3 is 2.72 bits per heavy atom. The highest BCUT2D eigenvalue weighted by molar-refractivity contribution is 5.82. The summed E-state index contributed by atoms with van der Waals surface area (Å²) < 4.78 is 9.15. The van der Waals surface area contributed by atoms with E-state index in [1.165, 1.54) is 0 Å². The molecule has 4 aromatic heterocycles. The molecule has 1 fully saturated rings. The molecule has 36 heavy (non-hydrogen) atoms. The molecule has 0 saturated carbocycles. The molecule has 0 amide bonds. The van der Waals surface area contributed by atoms with Gasteiger partial charge in [0.1, 0.15) is 17.8 Å². The van der Waals surface area contributed by atoms with E-state index >= 15 is 0 Å². The highest BCUT2D eigenvalue weighted by atomic mass is 16.5. The fourth-order valence-corrected chi connectivity index (χ4v) is 4.48. The number of nitrogens with two attached hydrogens (primary N) is 1. The maximum absolute atomic E-state index is 12.6. The fraction of sp³-hybridized carbons (Fsp3) is 0.261. The van der Waals surface area contributed by atoms with Crippen molar-refractivity contribution in [2.45, 2.75) is 24.9 Å². The fourth-order valence-electron chi connectivity index (χ4n) is 4.48. The van der Waals surface area contributed by atoms with Crippen LogP contribution in [-0.4, -0.2) is 63.1 Å². The summed E-state index contributed by atoms with van der Waals surface area (Å²) in [5, 5.41) is 23.0. The van der Waals surface area contributed by atoms with Gasteiger partial charge in [0.05, 0.1) is 12.7 Å². The Morgan fingerprint density at radius 2 is 1.97 bits per heavy atom. The topological polar surface area (TPSA) is 182 Å². The Balaban J connectivity index is 1.45. The lowest BCUT2D eigenvalue weighted by molar-refractivity contribution is -0.0425. The Morgan fingerprint density at radius 1 is 1.17 bits per heavy atom. The van der Waals surface area contributed by atoms with Crippen LogP contribution in [0.1, 0.15) is 12.6 Å². The smallest absolute Gasteiger partial charge is 0.280 e. The van der Waals surface area contributed by atoms with Crippen molar-refractivity contribution >= 4 is 40.2 Å². The van der Waals surface area contributed by atoms with Crippen LogP contribution in [0.25, 0.3) is 33.5 Å². The van der Waals surface area contributed by atoms with Gasteiger partial charge in [-0.05, 0) is 11.6 Å². The molecule has 0 aliphatic carbocycles. The molecule has 5 heterocycles. The number of pyridine rings is 1. The molecule has 13 heteroatoms. The number of aromatic nitrogens is 7. The minimum absolute atomic E-state index is 0.0421. The second-order valence-corrected chi connectivity index (χ2v) is 8.60. The lowest BCUT2D eigenvalue weighted by Crippen LogP contribution is -2.24. The van der Waals surface area contributed by atoms with Crippen molar-refractivity contribution in [3.63, 3.8) is 0 Å². The van der Waals surface area contributed by atoms with E-state index in [9.17, 15) is 15.0 Å². The van der Waals surface area contributed by atoms with Gasteiger partial charge in [-0.25, -0.2) is 15.0 Å². The molecule has 13 nitrogen and oxygen atoms in total. The second kappa shape index (κ2) is 8.41. The SMILES string of the molecule is Cn1c(Nc2nc3c(=O)[nH]c(N)nc3n2[C@H]2C[C@H](O)[C@@H](CO)O2)nc2cc(-c3ccccc3)cnc21. The summed E-state index contributed by atoms with van der Waals surface area (Å²) in [5.41, 5.74) is 8.75. The van der Waals surface area contributed by atoms with Gasteiger partial charge in [-0.2, -0.15) is 4.98 Å². The lowest BCUT2D eigenvalue weighted by atomic mass is 10.1. The van der Waals surface area contributed by atoms with Crippen LogP contribution in [0.4, 0.5) is 17.8 Å². The minimum Gasteiger partial charge on any atom is -0.394 e. The number of hydrogen-bond acceptors (Lipinski definition) is 10. The van der Waals surface area contributed by atoms with Crippen LogP contribution in [0.15, 0.2) is 47.4 Å². The standard InChI is InChI=1S/C23H23N9O4/c1-31-18-13(7-12(9-25-18)11-5-3-2-4-6-11)26-22(31)30-23-27-17-19(28-21(24)29-20(17)35)32(23)16-8-14(34)15(10-33)36-16/h2-7,9,14-16,33-34H,8,10H2,1H3,(H,26,27,30)(H3,24,28,29,35)/t14-,15+,16+/m0/s1. The molecule has 0 spiro atoms. The number of nitrogens with one attached hydrogen (secondary N) is 2.